The van der Waals surface area contributed by atoms with Crippen LogP contribution in [0, 0.1) is 0 Å². The largest absolute Gasteiger partial charge is 0.356 e. The van der Waals surface area contributed by atoms with Gasteiger partial charge in [0.05, 0.1) is 12.1 Å². The molecule has 0 aromatic heterocycles. The van der Waals surface area contributed by atoms with Gasteiger partial charge < -0.3 is 26.1 Å². The van der Waals surface area contributed by atoms with E-state index in [1.54, 1.807) is 0 Å². The number of hydrogen-bond donors (Lipinski definition) is 4. The van der Waals surface area contributed by atoms with Crippen molar-refractivity contribution in [3.05, 3.63) is 0 Å². The van der Waals surface area contributed by atoms with Crippen LogP contribution in [0.3, 0.4) is 0 Å². The number of amides is 4. The van der Waals surface area contributed by atoms with Gasteiger partial charge in [0.15, 0.2) is 0 Å². The molecule has 4 amide bonds. The van der Waals surface area contributed by atoms with Crippen LogP contribution in [0.5, 0.6) is 0 Å². The summed E-state index contributed by atoms with van der Waals surface area (Å²) < 4.78 is 0. The molecule has 2 aliphatic rings. The van der Waals surface area contributed by atoms with E-state index >= 15 is 0 Å². The number of thioether (sulfide) groups is 1. The van der Waals surface area contributed by atoms with E-state index in [4.69, 9.17) is 0 Å². The number of aldehydes is 1. The van der Waals surface area contributed by atoms with E-state index in [1.165, 1.54) is 0 Å². The van der Waals surface area contributed by atoms with E-state index in [1.807, 2.05) is 11.8 Å². The van der Waals surface area contributed by atoms with Crippen molar-refractivity contribution >= 4 is 35.9 Å². The third-order valence-electron chi connectivity index (χ3n) is 5.80. The zero-order valence-electron chi connectivity index (χ0n) is 18.5. The van der Waals surface area contributed by atoms with Crippen molar-refractivity contribution in [1.82, 2.24) is 21.3 Å². The summed E-state index contributed by atoms with van der Waals surface area (Å²) in [4.78, 5) is 45.3. The monoisotopic (exact) mass is 454 g/mol. The molecule has 0 unspecified atom stereocenters. The van der Waals surface area contributed by atoms with E-state index in [2.05, 4.69) is 21.3 Å². The highest BCUT2D eigenvalue weighted by atomic mass is 32.2. The first kappa shape index (κ1) is 25.5. The van der Waals surface area contributed by atoms with Crippen LogP contribution in [-0.2, 0) is 14.4 Å². The molecular formula is C22H38N4O4S. The molecule has 176 valence electrons. The molecule has 0 radical (unpaired) electrons. The van der Waals surface area contributed by atoms with Gasteiger partial charge in [0.25, 0.3) is 0 Å². The molecule has 0 aromatic carbocycles. The number of unbranched alkanes of at least 4 members (excludes halogenated alkanes) is 6. The quantitative estimate of drug-likeness (QED) is 0.153. The van der Waals surface area contributed by atoms with Gasteiger partial charge in [-0.2, -0.15) is 11.8 Å². The maximum atomic E-state index is 12.0. The molecule has 2 saturated heterocycles. The van der Waals surface area contributed by atoms with Crippen molar-refractivity contribution in [3.8, 4) is 0 Å². The second-order valence-corrected chi connectivity index (χ2v) is 9.67. The third kappa shape index (κ3) is 10.4. The summed E-state index contributed by atoms with van der Waals surface area (Å²) in [5, 5.41) is 12.3. The molecule has 2 rings (SSSR count). The first-order chi connectivity index (χ1) is 15.1. The standard InChI is InChI=1S/C22H38N4O4S/c27-15-9-2-1-7-13-23-19(28)11-4-3-8-14-24-20(29)12-6-5-10-18-21-17(16-31-18)25-22(30)26-21/h15,17-18,21H,1-14,16H2,(H,23,28)(H,24,29)(H2,25,26,30)/t17-,18-,21-/m0/s1. The topological polar surface area (TPSA) is 116 Å². The zero-order valence-corrected chi connectivity index (χ0v) is 19.3. The number of carbonyl (C=O) groups is 4. The van der Waals surface area contributed by atoms with E-state index in [9.17, 15) is 19.2 Å². The number of hydrogen-bond acceptors (Lipinski definition) is 5. The highest BCUT2D eigenvalue weighted by Crippen LogP contribution is 2.33. The molecule has 0 saturated carbocycles. The first-order valence-corrected chi connectivity index (χ1v) is 12.8. The molecule has 0 aromatic rings. The van der Waals surface area contributed by atoms with Crippen molar-refractivity contribution in [3.63, 3.8) is 0 Å². The van der Waals surface area contributed by atoms with Crippen LogP contribution < -0.4 is 21.3 Å². The van der Waals surface area contributed by atoms with E-state index in [0.29, 0.717) is 37.6 Å². The maximum absolute atomic E-state index is 12.0. The Morgan fingerprint density at radius 3 is 2.23 bits per heavy atom. The van der Waals surface area contributed by atoms with Crippen molar-refractivity contribution in [2.24, 2.45) is 0 Å². The highest BCUT2D eigenvalue weighted by molar-refractivity contribution is 8.00. The first-order valence-electron chi connectivity index (χ1n) is 11.8. The van der Waals surface area contributed by atoms with Crippen LogP contribution in [0.15, 0.2) is 0 Å². The second kappa shape index (κ2) is 15.1. The minimum atomic E-state index is -0.0530. The lowest BCUT2D eigenvalue weighted by molar-refractivity contribution is -0.122. The molecular weight excluding hydrogens is 416 g/mol. The molecule has 0 aliphatic carbocycles. The van der Waals surface area contributed by atoms with Crippen LogP contribution in [0.25, 0.3) is 0 Å². The van der Waals surface area contributed by atoms with Gasteiger partial charge in [-0.05, 0) is 38.5 Å². The SMILES string of the molecule is O=CCCCCCNC(=O)CCCCCNC(=O)CCCC[C@@H]1SC[C@@H]2NC(=O)N[C@@H]21. The Labute approximate surface area is 189 Å². The van der Waals surface area contributed by atoms with Crippen molar-refractivity contribution < 1.29 is 19.2 Å². The summed E-state index contributed by atoms with van der Waals surface area (Å²) in [7, 11) is 0. The lowest BCUT2D eigenvalue weighted by atomic mass is 10.0. The van der Waals surface area contributed by atoms with Crippen LogP contribution >= 0.6 is 11.8 Å². The van der Waals surface area contributed by atoms with Crippen molar-refractivity contribution in [1.29, 1.82) is 0 Å². The van der Waals surface area contributed by atoms with E-state index < -0.39 is 0 Å². The van der Waals surface area contributed by atoms with Gasteiger partial charge in [-0.3, -0.25) is 9.59 Å². The molecule has 4 N–H and O–H groups in total. The van der Waals surface area contributed by atoms with Crippen molar-refractivity contribution in [2.45, 2.75) is 94.4 Å². The Morgan fingerprint density at radius 1 is 0.903 bits per heavy atom. The minimum Gasteiger partial charge on any atom is -0.356 e. The molecule has 0 spiro atoms. The van der Waals surface area contributed by atoms with Crippen LogP contribution in [0.2, 0.25) is 0 Å². The van der Waals surface area contributed by atoms with Gasteiger partial charge >= 0.3 is 6.03 Å². The molecule has 3 atom stereocenters. The van der Waals surface area contributed by atoms with Gasteiger partial charge in [-0.1, -0.05) is 19.3 Å². The van der Waals surface area contributed by atoms with Gasteiger partial charge in [0, 0.05) is 43.4 Å². The van der Waals surface area contributed by atoms with E-state index in [-0.39, 0.29) is 29.9 Å². The van der Waals surface area contributed by atoms with Gasteiger partial charge in [-0.15, -0.1) is 0 Å². The Morgan fingerprint density at radius 2 is 1.55 bits per heavy atom. The summed E-state index contributed by atoms with van der Waals surface area (Å²) in [5.74, 6) is 1.15. The lowest BCUT2D eigenvalue weighted by Gasteiger charge is -2.16. The molecule has 2 aliphatic heterocycles. The van der Waals surface area contributed by atoms with Gasteiger partial charge in [0.1, 0.15) is 6.29 Å². The van der Waals surface area contributed by atoms with Crippen LogP contribution in [-0.4, -0.2) is 60.3 Å². The fourth-order valence-corrected chi connectivity index (χ4v) is 5.57. The summed E-state index contributed by atoms with van der Waals surface area (Å²) in [6, 6.07) is 0.445. The molecule has 9 heteroatoms. The summed E-state index contributed by atoms with van der Waals surface area (Å²) >= 11 is 1.91. The number of carbonyl (C=O) groups excluding carboxylic acids is 4. The van der Waals surface area contributed by atoms with Crippen LogP contribution in [0.4, 0.5) is 4.79 Å². The smallest absolute Gasteiger partial charge is 0.315 e. The average molecular weight is 455 g/mol. The molecule has 2 heterocycles. The predicted octanol–water partition coefficient (Wildman–Crippen LogP) is 2.26. The summed E-state index contributed by atoms with van der Waals surface area (Å²) in [6.07, 6.45) is 10.9. The van der Waals surface area contributed by atoms with Crippen LogP contribution in [0.1, 0.15) is 77.0 Å². The highest BCUT2D eigenvalue weighted by Gasteiger charge is 2.42. The number of nitrogens with one attached hydrogen (secondary N) is 4. The Balaban J connectivity index is 1.36. The number of fused-ring (bicyclic) bond motifs is 1. The fraction of sp³-hybridized carbons (Fsp3) is 0.818. The Bertz CT molecular complexity index is 590. The lowest BCUT2D eigenvalue weighted by Crippen LogP contribution is -2.36. The van der Waals surface area contributed by atoms with E-state index in [0.717, 1.165) is 69.8 Å². The summed E-state index contributed by atoms with van der Waals surface area (Å²) in [6.45, 7) is 1.34. The Kier molecular flexibility index (Phi) is 12.4. The van der Waals surface area contributed by atoms with Crippen molar-refractivity contribution in [2.75, 3.05) is 18.8 Å². The molecule has 31 heavy (non-hydrogen) atoms. The minimum absolute atomic E-state index is 0.0530. The normalized spacial score (nSPS) is 21.8. The van der Waals surface area contributed by atoms with Gasteiger partial charge in [0.2, 0.25) is 11.8 Å². The predicted molar refractivity (Wildman–Crippen MR) is 123 cm³/mol. The number of urea groups is 1. The summed E-state index contributed by atoms with van der Waals surface area (Å²) in [5.41, 5.74) is 0. The van der Waals surface area contributed by atoms with Gasteiger partial charge in [-0.25, -0.2) is 4.79 Å². The molecule has 8 nitrogen and oxygen atoms in total. The zero-order chi connectivity index (χ0) is 22.3. The Hall–Kier alpha value is -1.77. The fourth-order valence-electron chi connectivity index (χ4n) is 4.02. The maximum Gasteiger partial charge on any atom is 0.315 e. The number of rotatable bonds is 17. The third-order valence-corrected chi connectivity index (χ3v) is 7.31. The second-order valence-electron chi connectivity index (χ2n) is 8.39. The molecule has 0 bridgehead atoms. The molecule has 2 fully saturated rings. The average Bonchev–Trinajstić information content (AvgIpc) is 3.29.